The number of H-pyrrole nitrogens is 1. The van der Waals surface area contributed by atoms with Crippen molar-refractivity contribution in [2.45, 2.75) is 6.92 Å². The molecule has 0 fully saturated rings. The van der Waals surface area contributed by atoms with E-state index >= 15 is 0 Å². The zero-order chi connectivity index (χ0) is 13.3. The Kier molecular flexibility index (Phi) is 2.80. The fraction of sp³-hybridized carbons (Fsp3) is 0.0909. The van der Waals surface area contributed by atoms with E-state index in [4.69, 9.17) is 5.11 Å². The summed E-state index contributed by atoms with van der Waals surface area (Å²) in [5, 5.41) is 19.5. The maximum Gasteiger partial charge on any atom is 0.356 e. The van der Waals surface area contributed by atoms with Gasteiger partial charge in [0.15, 0.2) is 5.69 Å². The Morgan fingerprint density at radius 3 is 2.78 bits per heavy atom. The van der Waals surface area contributed by atoms with Crippen molar-refractivity contribution in [3.8, 4) is 11.4 Å². The highest BCUT2D eigenvalue weighted by Gasteiger charge is 2.15. The molecule has 0 radical (unpaired) electrons. The minimum Gasteiger partial charge on any atom is -0.476 e. The first-order valence-electron chi connectivity index (χ1n) is 5.04. The molecule has 18 heavy (non-hydrogen) atoms. The van der Waals surface area contributed by atoms with E-state index in [1.54, 1.807) is 13.0 Å². The Labute approximate surface area is 101 Å². The first kappa shape index (κ1) is 11.8. The third-order valence-electron chi connectivity index (χ3n) is 2.42. The molecule has 1 heterocycles. The quantitative estimate of drug-likeness (QED) is 0.636. The molecule has 0 unspecified atom stereocenters. The maximum atomic E-state index is 10.9. The Hall–Kier alpha value is -2.70. The minimum atomic E-state index is -1.14. The van der Waals surface area contributed by atoms with Crippen molar-refractivity contribution in [3.63, 3.8) is 0 Å². The summed E-state index contributed by atoms with van der Waals surface area (Å²) in [6.45, 7) is 1.58. The first-order valence-corrected chi connectivity index (χ1v) is 5.04. The number of rotatable bonds is 3. The molecule has 1 aromatic carbocycles. The SMILES string of the molecule is Cc1[nH]c(-c2cccc([N+](=O)[O-])c2)nc1C(=O)O. The summed E-state index contributed by atoms with van der Waals surface area (Å²) in [5.74, 6) is -0.839. The number of aromatic amines is 1. The molecule has 0 saturated heterocycles. The number of carboxylic acid groups (broad SMARTS) is 1. The van der Waals surface area contributed by atoms with Crippen LogP contribution in [0, 0.1) is 17.0 Å². The number of aryl methyl sites for hydroxylation is 1. The number of non-ortho nitro benzene ring substituents is 1. The van der Waals surface area contributed by atoms with Crippen molar-refractivity contribution in [1.82, 2.24) is 9.97 Å². The topological polar surface area (TPSA) is 109 Å². The van der Waals surface area contributed by atoms with E-state index in [-0.39, 0.29) is 11.4 Å². The van der Waals surface area contributed by atoms with Gasteiger partial charge in [-0.3, -0.25) is 10.1 Å². The van der Waals surface area contributed by atoms with Gasteiger partial charge in [0, 0.05) is 23.4 Å². The normalized spacial score (nSPS) is 10.3. The summed E-state index contributed by atoms with van der Waals surface area (Å²) in [4.78, 5) is 27.7. The molecular formula is C11H9N3O4. The van der Waals surface area contributed by atoms with Crippen LogP contribution in [0.1, 0.15) is 16.2 Å². The van der Waals surface area contributed by atoms with E-state index in [0.717, 1.165) is 0 Å². The van der Waals surface area contributed by atoms with Crippen LogP contribution in [0.15, 0.2) is 24.3 Å². The fourth-order valence-corrected chi connectivity index (χ4v) is 1.57. The average Bonchev–Trinajstić information content (AvgIpc) is 2.71. The van der Waals surface area contributed by atoms with Crippen LogP contribution in [-0.4, -0.2) is 26.0 Å². The molecular weight excluding hydrogens is 238 g/mol. The number of aromatic nitrogens is 2. The van der Waals surface area contributed by atoms with Crippen LogP contribution in [-0.2, 0) is 0 Å². The number of aromatic carboxylic acids is 1. The molecule has 0 amide bonds. The fourth-order valence-electron chi connectivity index (χ4n) is 1.57. The number of imidazole rings is 1. The summed E-state index contributed by atoms with van der Waals surface area (Å²) in [7, 11) is 0. The second-order valence-electron chi connectivity index (χ2n) is 3.67. The van der Waals surface area contributed by atoms with Crippen LogP contribution in [0.3, 0.4) is 0 Å². The molecule has 0 aliphatic carbocycles. The second kappa shape index (κ2) is 4.28. The molecule has 0 bridgehead atoms. The zero-order valence-corrected chi connectivity index (χ0v) is 9.38. The number of nitrogens with zero attached hydrogens (tertiary/aromatic N) is 2. The van der Waals surface area contributed by atoms with Gasteiger partial charge in [-0.05, 0) is 6.92 Å². The van der Waals surface area contributed by atoms with Gasteiger partial charge >= 0.3 is 5.97 Å². The molecule has 7 heteroatoms. The van der Waals surface area contributed by atoms with Gasteiger partial charge in [-0.15, -0.1) is 0 Å². The number of benzene rings is 1. The van der Waals surface area contributed by atoms with Crippen molar-refractivity contribution in [1.29, 1.82) is 0 Å². The van der Waals surface area contributed by atoms with Gasteiger partial charge in [-0.2, -0.15) is 0 Å². The van der Waals surface area contributed by atoms with Crippen LogP contribution in [0.25, 0.3) is 11.4 Å². The molecule has 0 saturated carbocycles. The Morgan fingerprint density at radius 2 is 2.22 bits per heavy atom. The van der Waals surface area contributed by atoms with Gasteiger partial charge < -0.3 is 10.1 Å². The molecule has 0 aliphatic rings. The van der Waals surface area contributed by atoms with Gasteiger partial charge in [-0.1, -0.05) is 12.1 Å². The smallest absolute Gasteiger partial charge is 0.356 e. The van der Waals surface area contributed by atoms with Crippen molar-refractivity contribution < 1.29 is 14.8 Å². The summed E-state index contributed by atoms with van der Waals surface area (Å²) in [6.07, 6.45) is 0. The lowest BCUT2D eigenvalue weighted by Crippen LogP contribution is -1.98. The zero-order valence-electron chi connectivity index (χ0n) is 9.38. The minimum absolute atomic E-state index is 0.0709. The van der Waals surface area contributed by atoms with Gasteiger partial charge in [0.2, 0.25) is 0 Å². The largest absolute Gasteiger partial charge is 0.476 e. The van der Waals surface area contributed by atoms with E-state index in [2.05, 4.69) is 9.97 Å². The van der Waals surface area contributed by atoms with Crippen molar-refractivity contribution in [2.24, 2.45) is 0 Å². The highest BCUT2D eigenvalue weighted by atomic mass is 16.6. The van der Waals surface area contributed by atoms with E-state index in [1.807, 2.05) is 0 Å². The van der Waals surface area contributed by atoms with Crippen LogP contribution in [0.5, 0.6) is 0 Å². The summed E-state index contributed by atoms with van der Waals surface area (Å²) < 4.78 is 0. The van der Waals surface area contributed by atoms with Crippen LogP contribution >= 0.6 is 0 Å². The lowest BCUT2D eigenvalue weighted by molar-refractivity contribution is -0.384. The Bertz CT molecular complexity index is 633. The number of nitro benzene ring substituents is 1. The van der Waals surface area contributed by atoms with Crippen molar-refractivity contribution in [2.75, 3.05) is 0 Å². The molecule has 2 N–H and O–H groups in total. The summed E-state index contributed by atoms with van der Waals surface area (Å²) in [6, 6.07) is 5.84. The van der Waals surface area contributed by atoms with Gasteiger partial charge in [-0.25, -0.2) is 9.78 Å². The third-order valence-corrected chi connectivity index (χ3v) is 2.42. The van der Waals surface area contributed by atoms with E-state index in [9.17, 15) is 14.9 Å². The lowest BCUT2D eigenvalue weighted by Gasteiger charge is -1.96. The summed E-state index contributed by atoms with van der Waals surface area (Å²) in [5.41, 5.74) is 0.721. The Balaban J connectivity index is 2.49. The molecule has 0 atom stereocenters. The molecule has 2 aromatic rings. The predicted octanol–water partition coefficient (Wildman–Crippen LogP) is 1.99. The van der Waals surface area contributed by atoms with E-state index < -0.39 is 10.9 Å². The molecule has 92 valence electrons. The lowest BCUT2D eigenvalue weighted by atomic mass is 10.2. The van der Waals surface area contributed by atoms with Gasteiger partial charge in [0.1, 0.15) is 5.82 Å². The van der Waals surface area contributed by atoms with E-state index in [1.165, 1.54) is 18.2 Å². The molecule has 0 spiro atoms. The number of carbonyl (C=O) groups is 1. The number of nitrogens with one attached hydrogen (secondary N) is 1. The molecule has 7 nitrogen and oxygen atoms in total. The standard InChI is InChI=1S/C11H9N3O4/c1-6-9(11(15)16)13-10(12-6)7-3-2-4-8(5-7)14(17)18/h2-5H,1H3,(H,12,13)(H,15,16). The van der Waals surface area contributed by atoms with Crippen molar-refractivity contribution in [3.05, 3.63) is 45.8 Å². The Morgan fingerprint density at radius 1 is 1.50 bits per heavy atom. The number of carboxylic acids is 1. The predicted molar refractivity (Wildman–Crippen MR) is 62.4 cm³/mol. The molecule has 1 aromatic heterocycles. The van der Waals surface area contributed by atoms with Crippen LogP contribution in [0.2, 0.25) is 0 Å². The highest BCUT2D eigenvalue weighted by molar-refractivity contribution is 5.87. The number of hydrogen-bond donors (Lipinski definition) is 2. The first-order chi connectivity index (χ1) is 8.49. The summed E-state index contributed by atoms with van der Waals surface area (Å²) >= 11 is 0. The van der Waals surface area contributed by atoms with Gasteiger partial charge in [0.25, 0.3) is 5.69 Å². The highest BCUT2D eigenvalue weighted by Crippen LogP contribution is 2.22. The van der Waals surface area contributed by atoms with Crippen LogP contribution in [0.4, 0.5) is 5.69 Å². The number of hydrogen-bond acceptors (Lipinski definition) is 4. The second-order valence-corrected chi connectivity index (χ2v) is 3.67. The van der Waals surface area contributed by atoms with Crippen LogP contribution < -0.4 is 0 Å². The van der Waals surface area contributed by atoms with Gasteiger partial charge in [0.05, 0.1) is 4.92 Å². The molecule has 0 aliphatic heterocycles. The third kappa shape index (κ3) is 2.05. The average molecular weight is 247 g/mol. The van der Waals surface area contributed by atoms with Crippen molar-refractivity contribution >= 4 is 11.7 Å². The monoisotopic (exact) mass is 247 g/mol. The maximum absolute atomic E-state index is 10.9. The number of nitro groups is 1. The molecule has 2 rings (SSSR count). The van der Waals surface area contributed by atoms with E-state index in [0.29, 0.717) is 17.1 Å².